The van der Waals surface area contributed by atoms with Crippen LogP contribution in [0.25, 0.3) is 0 Å². The molecule has 0 spiro atoms. The van der Waals surface area contributed by atoms with Crippen molar-refractivity contribution < 1.29 is 22.8 Å². The highest BCUT2D eigenvalue weighted by Crippen LogP contribution is 2.30. The van der Waals surface area contributed by atoms with Gasteiger partial charge >= 0.3 is 6.03 Å². The van der Waals surface area contributed by atoms with Gasteiger partial charge in [-0.05, 0) is 18.2 Å². The number of hydrogen-bond acceptors (Lipinski definition) is 4. The normalized spacial score (nSPS) is 22.1. The van der Waals surface area contributed by atoms with Crippen molar-refractivity contribution in [2.75, 3.05) is 45.1 Å². The van der Waals surface area contributed by atoms with E-state index in [0.717, 1.165) is 5.69 Å². The smallest absolute Gasteiger partial charge is 0.322 e. The van der Waals surface area contributed by atoms with E-state index in [2.05, 4.69) is 10.4 Å². The molecule has 1 aromatic heterocycles. The van der Waals surface area contributed by atoms with Crippen molar-refractivity contribution in [2.45, 2.75) is 31.9 Å². The van der Waals surface area contributed by atoms with E-state index in [4.69, 9.17) is 11.6 Å². The Morgan fingerprint density at radius 1 is 1.29 bits per heavy atom. The van der Waals surface area contributed by atoms with Gasteiger partial charge in [-0.15, -0.1) is 0 Å². The highest BCUT2D eigenvalue weighted by atomic mass is 35.5. The summed E-state index contributed by atoms with van der Waals surface area (Å²) in [6, 6.07) is 3.55. The molecule has 3 amide bonds. The van der Waals surface area contributed by atoms with Gasteiger partial charge in [0.25, 0.3) is 11.8 Å². The van der Waals surface area contributed by atoms with Crippen LogP contribution >= 0.6 is 11.6 Å². The molecule has 2 aromatic rings. The predicted octanol–water partition coefficient (Wildman–Crippen LogP) is 3.31. The van der Waals surface area contributed by atoms with Gasteiger partial charge in [0.05, 0.1) is 23.8 Å². The monoisotopic (exact) mass is 510 g/mol. The molecule has 1 atom stereocenters. The molecule has 1 unspecified atom stereocenters. The van der Waals surface area contributed by atoms with Gasteiger partial charge in [-0.2, -0.15) is 5.10 Å². The maximum atomic E-state index is 13.7. The highest BCUT2D eigenvalue weighted by Gasteiger charge is 2.40. The van der Waals surface area contributed by atoms with Crippen LogP contribution in [-0.2, 0) is 19.5 Å². The van der Waals surface area contributed by atoms with Gasteiger partial charge in [-0.3, -0.25) is 14.4 Å². The van der Waals surface area contributed by atoms with Crippen LogP contribution in [0.15, 0.2) is 18.2 Å². The summed E-state index contributed by atoms with van der Waals surface area (Å²) in [6.45, 7) is 2.04. The van der Waals surface area contributed by atoms with Crippen molar-refractivity contribution in [1.29, 1.82) is 0 Å². The Hall–Kier alpha value is -2.79. The summed E-state index contributed by atoms with van der Waals surface area (Å²) >= 11 is 5.81. The first-order valence-electron chi connectivity index (χ1n) is 11.5. The van der Waals surface area contributed by atoms with Gasteiger partial charge in [-0.1, -0.05) is 11.6 Å². The van der Waals surface area contributed by atoms with E-state index >= 15 is 0 Å². The van der Waals surface area contributed by atoms with Gasteiger partial charge in [0.1, 0.15) is 11.5 Å². The van der Waals surface area contributed by atoms with E-state index in [1.165, 1.54) is 18.2 Å². The summed E-state index contributed by atoms with van der Waals surface area (Å²) in [5, 5.41) is 7.30. The molecule has 1 fully saturated rings. The van der Waals surface area contributed by atoms with Crippen LogP contribution in [0.4, 0.5) is 23.7 Å². The standard InChI is InChI=1S/C23H26ClF3N6O2/c1-30-9-14(10-31-7-5-23(26,27)13-31)11-33-20(21(30)34)16-12-32(6-4-19(16)29-33)22(35)28-15-2-3-18(25)17(24)8-15/h2-3,8,14H,4-7,9-13H2,1H3,(H,28,35). The largest absolute Gasteiger partial charge is 0.340 e. The molecular formula is C23H26ClF3N6O2. The van der Waals surface area contributed by atoms with Crippen LogP contribution in [0, 0.1) is 11.7 Å². The zero-order valence-corrected chi connectivity index (χ0v) is 20.0. The number of nitrogens with one attached hydrogen (secondary N) is 1. The van der Waals surface area contributed by atoms with Crippen LogP contribution in [0.3, 0.4) is 0 Å². The Morgan fingerprint density at radius 3 is 2.80 bits per heavy atom. The van der Waals surface area contributed by atoms with Crippen LogP contribution in [0.1, 0.15) is 28.2 Å². The van der Waals surface area contributed by atoms with Crippen LogP contribution in [0.2, 0.25) is 5.02 Å². The predicted molar refractivity (Wildman–Crippen MR) is 123 cm³/mol. The van der Waals surface area contributed by atoms with Crippen LogP contribution in [0.5, 0.6) is 0 Å². The molecule has 0 saturated carbocycles. The number of urea groups is 1. The zero-order chi connectivity index (χ0) is 24.9. The first-order chi connectivity index (χ1) is 16.6. The van der Waals surface area contributed by atoms with Gasteiger partial charge in [0, 0.05) is 69.8 Å². The maximum Gasteiger partial charge on any atom is 0.322 e. The van der Waals surface area contributed by atoms with E-state index in [0.29, 0.717) is 56.1 Å². The molecule has 35 heavy (non-hydrogen) atoms. The van der Waals surface area contributed by atoms with Crippen molar-refractivity contribution >= 4 is 29.2 Å². The molecule has 12 heteroatoms. The van der Waals surface area contributed by atoms with Gasteiger partial charge < -0.3 is 15.1 Å². The average molecular weight is 511 g/mol. The number of fused-ring (bicyclic) bond motifs is 3. The van der Waals surface area contributed by atoms with Crippen LogP contribution < -0.4 is 5.32 Å². The molecule has 0 radical (unpaired) electrons. The Balaban J connectivity index is 1.32. The number of likely N-dealkylation sites (tertiary alicyclic amines) is 1. The Morgan fingerprint density at radius 2 is 2.09 bits per heavy atom. The van der Waals surface area contributed by atoms with Gasteiger partial charge in [-0.25, -0.2) is 18.0 Å². The maximum absolute atomic E-state index is 13.7. The molecule has 3 aliphatic heterocycles. The Labute approximate surface area is 205 Å². The van der Waals surface area contributed by atoms with Gasteiger partial charge in [0.15, 0.2) is 0 Å². The number of halogens is 4. The number of aromatic nitrogens is 2. The number of hydrogen-bond donors (Lipinski definition) is 1. The average Bonchev–Trinajstić information content (AvgIpc) is 3.29. The topological polar surface area (TPSA) is 73.7 Å². The summed E-state index contributed by atoms with van der Waals surface area (Å²) in [5.74, 6) is -3.47. The first-order valence-corrected chi connectivity index (χ1v) is 11.9. The van der Waals surface area contributed by atoms with Crippen molar-refractivity contribution in [3.05, 3.63) is 46.0 Å². The molecule has 0 bridgehead atoms. The Bertz CT molecular complexity index is 1170. The molecule has 0 aliphatic carbocycles. The fourth-order valence-electron chi connectivity index (χ4n) is 5.14. The second-order valence-corrected chi connectivity index (χ2v) is 9.99. The number of rotatable bonds is 3. The molecular weight excluding hydrogens is 485 g/mol. The Kier molecular flexibility index (Phi) is 6.16. The lowest BCUT2D eigenvalue weighted by atomic mass is 10.0. The van der Waals surface area contributed by atoms with Crippen molar-refractivity contribution in [3.8, 4) is 0 Å². The lowest BCUT2D eigenvalue weighted by molar-refractivity contribution is 0.0102. The number of carbonyl (C=O) groups is 2. The third kappa shape index (κ3) is 4.84. The number of nitrogens with zero attached hydrogens (tertiary/aromatic N) is 5. The van der Waals surface area contributed by atoms with E-state index < -0.39 is 11.7 Å². The summed E-state index contributed by atoms with van der Waals surface area (Å²) < 4.78 is 42.4. The lowest BCUT2D eigenvalue weighted by Gasteiger charge is -2.28. The molecule has 8 nitrogen and oxygen atoms in total. The quantitative estimate of drug-likeness (QED) is 0.687. The van der Waals surface area contributed by atoms with E-state index in [1.807, 2.05) is 0 Å². The number of amides is 3. The minimum Gasteiger partial charge on any atom is -0.340 e. The summed E-state index contributed by atoms with van der Waals surface area (Å²) in [5.41, 5.74) is 2.28. The fraction of sp³-hybridized carbons (Fsp3) is 0.522. The third-order valence-corrected chi connectivity index (χ3v) is 7.13. The van der Waals surface area contributed by atoms with Crippen molar-refractivity contribution in [3.63, 3.8) is 0 Å². The lowest BCUT2D eigenvalue weighted by Crippen LogP contribution is -2.40. The molecule has 4 heterocycles. The molecule has 3 aliphatic rings. The van der Waals surface area contributed by atoms with E-state index in [9.17, 15) is 22.8 Å². The number of benzene rings is 1. The molecule has 1 aromatic carbocycles. The second-order valence-electron chi connectivity index (χ2n) is 9.58. The first kappa shape index (κ1) is 23.9. The summed E-state index contributed by atoms with van der Waals surface area (Å²) in [4.78, 5) is 31.1. The highest BCUT2D eigenvalue weighted by molar-refractivity contribution is 6.31. The van der Waals surface area contributed by atoms with Crippen LogP contribution in [-0.4, -0.2) is 82.1 Å². The number of anilines is 1. The molecule has 188 valence electrons. The number of alkyl halides is 2. The minimum atomic E-state index is -2.66. The summed E-state index contributed by atoms with van der Waals surface area (Å²) in [7, 11) is 1.70. The SMILES string of the molecule is CN1CC(CN2CCC(F)(F)C2)Cn2nc3c(c2C1=O)CN(C(=O)Nc1ccc(F)c(Cl)c1)CC3. The fourth-order valence-corrected chi connectivity index (χ4v) is 5.32. The number of carbonyl (C=O) groups excluding carboxylic acids is 2. The zero-order valence-electron chi connectivity index (χ0n) is 19.2. The minimum absolute atomic E-state index is 0.0388. The van der Waals surface area contributed by atoms with E-state index in [-0.39, 0.29) is 42.4 Å². The third-order valence-electron chi connectivity index (χ3n) is 6.84. The molecule has 5 rings (SSSR count). The molecule has 1 saturated heterocycles. The van der Waals surface area contributed by atoms with Gasteiger partial charge in [0.2, 0.25) is 0 Å². The van der Waals surface area contributed by atoms with Crippen molar-refractivity contribution in [1.82, 2.24) is 24.5 Å². The van der Waals surface area contributed by atoms with Crippen molar-refractivity contribution in [2.24, 2.45) is 5.92 Å². The molecule has 1 N–H and O–H groups in total. The second kappa shape index (κ2) is 9.02. The van der Waals surface area contributed by atoms with E-state index in [1.54, 1.807) is 26.4 Å². The summed E-state index contributed by atoms with van der Waals surface area (Å²) in [6.07, 6.45) is 0.338.